The van der Waals surface area contributed by atoms with Gasteiger partial charge in [0.2, 0.25) is 0 Å². The second kappa shape index (κ2) is 19.3. The zero-order valence-corrected chi connectivity index (χ0v) is 18.8. The summed E-state index contributed by atoms with van der Waals surface area (Å²) in [6.07, 6.45) is 9.14. The van der Waals surface area contributed by atoms with Crippen LogP contribution in [0.15, 0.2) is 30.3 Å². The number of aromatic carboxylic acids is 1. The maximum Gasteiger partial charge on any atom is 0.524 e. The monoisotopic (exact) mass is 436 g/mol. The summed E-state index contributed by atoms with van der Waals surface area (Å²) in [5.74, 6) is -2.13. The van der Waals surface area contributed by atoms with Crippen LogP contribution >= 0.6 is 0 Å². The first-order valence-electron chi connectivity index (χ1n) is 11.1. The summed E-state index contributed by atoms with van der Waals surface area (Å²) in [7, 11) is 0. The molecule has 0 amide bonds. The summed E-state index contributed by atoms with van der Waals surface area (Å²) >= 11 is 0. The molecule has 0 aliphatic carbocycles. The highest BCUT2D eigenvalue weighted by Gasteiger charge is 2.15. The maximum absolute atomic E-state index is 11.4. The van der Waals surface area contributed by atoms with Crippen LogP contribution in [0, 0.1) is 0 Å². The number of carbonyl (C=O) groups excluding carboxylic acids is 3. The molecule has 0 unspecified atom stereocenters. The minimum Gasteiger partial charge on any atom is -0.478 e. The molecule has 0 aliphatic rings. The van der Waals surface area contributed by atoms with Crippen LogP contribution in [0.5, 0.6) is 0 Å². The molecule has 7 nitrogen and oxygen atoms in total. The molecule has 7 heteroatoms. The molecule has 1 aromatic carbocycles. The third-order valence-electron chi connectivity index (χ3n) is 4.38. The molecule has 1 aromatic rings. The lowest BCUT2D eigenvalue weighted by molar-refractivity contribution is -0.146. The van der Waals surface area contributed by atoms with E-state index in [0.717, 1.165) is 51.4 Å². The fraction of sp³-hybridized carbons (Fsp3) is 0.583. The van der Waals surface area contributed by atoms with Gasteiger partial charge in [0, 0.05) is 12.8 Å². The van der Waals surface area contributed by atoms with Crippen molar-refractivity contribution in [1.29, 1.82) is 0 Å². The first-order valence-corrected chi connectivity index (χ1v) is 11.1. The normalized spacial score (nSPS) is 9.87. The van der Waals surface area contributed by atoms with E-state index in [1.807, 2.05) is 0 Å². The largest absolute Gasteiger partial charge is 0.524 e. The summed E-state index contributed by atoms with van der Waals surface area (Å²) in [5.41, 5.74) is 0.331. The van der Waals surface area contributed by atoms with Crippen molar-refractivity contribution < 1.29 is 33.8 Å². The fourth-order valence-electron chi connectivity index (χ4n) is 2.64. The van der Waals surface area contributed by atoms with Crippen molar-refractivity contribution in [2.45, 2.75) is 90.9 Å². The van der Waals surface area contributed by atoms with Crippen LogP contribution in [0.1, 0.15) is 101 Å². The van der Waals surface area contributed by atoms with Gasteiger partial charge in [0.05, 0.1) is 5.56 Å². The third kappa shape index (κ3) is 17.8. The van der Waals surface area contributed by atoms with Gasteiger partial charge in [-0.15, -0.1) is 0 Å². The first kappa shape index (κ1) is 28.3. The number of carbonyl (C=O) groups is 4. The Bertz CT molecular complexity index is 611. The molecule has 0 saturated heterocycles. The zero-order valence-electron chi connectivity index (χ0n) is 18.8. The SMILES string of the molecule is CCCCCCCC(=O)OC(=O)OC(=O)CCCCCCC.O=C(O)c1ccccc1. The molecule has 0 aromatic heterocycles. The number of hydrogen-bond acceptors (Lipinski definition) is 6. The van der Waals surface area contributed by atoms with Gasteiger partial charge in [0.25, 0.3) is 0 Å². The second-order valence-electron chi connectivity index (χ2n) is 7.20. The molecule has 1 N–H and O–H groups in total. The summed E-state index contributed by atoms with van der Waals surface area (Å²) in [4.78, 5) is 44.2. The molecule has 0 aliphatic heterocycles. The van der Waals surface area contributed by atoms with Crippen LogP contribution in [0.2, 0.25) is 0 Å². The number of ether oxygens (including phenoxy) is 2. The molecule has 1 rings (SSSR count). The summed E-state index contributed by atoms with van der Waals surface area (Å²) in [5, 5.41) is 8.38. The number of carboxylic acid groups (broad SMARTS) is 1. The summed E-state index contributed by atoms with van der Waals surface area (Å²) in [6, 6.07) is 8.30. The van der Waals surface area contributed by atoms with E-state index in [1.165, 1.54) is 0 Å². The molecule has 0 fully saturated rings. The lowest BCUT2D eigenvalue weighted by Gasteiger charge is -2.04. The third-order valence-corrected chi connectivity index (χ3v) is 4.38. The van der Waals surface area contributed by atoms with Crippen LogP contribution in [0.3, 0.4) is 0 Å². The number of rotatable bonds is 13. The second-order valence-corrected chi connectivity index (χ2v) is 7.20. The Hall–Kier alpha value is -2.70. The van der Waals surface area contributed by atoms with Crippen molar-refractivity contribution in [1.82, 2.24) is 0 Å². The van der Waals surface area contributed by atoms with Crippen LogP contribution in [-0.2, 0) is 19.1 Å². The van der Waals surface area contributed by atoms with Gasteiger partial charge in [0.15, 0.2) is 0 Å². The summed E-state index contributed by atoms with van der Waals surface area (Å²) in [6.45, 7) is 4.23. The summed E-state index contributed by atoms with van der Waals surface area (Å²) < 4.78 is 8.90. The predicted octanol–water partition coefficient (Wildman–Crippen LogP) is 6.30. The van der Waals surface area contributed by atoms with Gasteiger partial charge >= 0.3 is 24.1 Å². The van der Waals surface area contributed by atoms with Crippen molar-refractivity contribution in [2.24, 2.45) is 0 Å². The van der Waals surface area contributed by atoms with Crippen LogP contribution < -0.4 is 0 Å². The molecule has 0 radical (unpaired) electrons. The molecule has 0 heterocycles. The Kier molecular flexibility index (Phi) is 17.6. The van der Waals surface area contributed by atoms with Crippen LogP contribution in [0.4, 0.5) is 4.79 Å². The van der Waals surface area contributed by atoms with E-state index >= 15 is 0 Å². The Morgan fingerprint density at radius 2 is 1.10 bits per heavy atom. The lowest BCUT2D eigenvalue weighted by atomic mass is 10.1. The molecule has 0 bridgehead atoms. The smallest absolute Gasteiger partial charge is 0.478 e. The topological polar surface area (TPSA) is 107 Å². The molecule has 174 valence electrons. The van der Waals surface area contributed by atoms with E-state index in [1.54, 1.807) is 30.3 Å². The number of unbranched alkanes of at least 4 members (excludes halogenated alkanes) is 8. The number of carboxylic acids is 1. The highest BCUT2D eigenvalue weighted by atomic mass is 16.8. The van der Waals surface area contributed by atoms with Crippen molar-refractivity contribution in [3.05, 3.63) is 35.9 Å². The van der Waals surface area contributed by atoms with Gasteiger partial charge in [-0.05, 0) is 25.0 Å². The van der Waals surface area contributed by atoms with E-state index in [4.69, 9.17) is 5.11 Å². The van der Waals surface area contributed by atoms with Gasteiger partial charge in [-0.1, -0.05) is 83.4 Å². The van der Waals surface area contributed by atoms with E-state index in [-0.39, 0.29) is 12.8 Å². The van der Waals surface area contributed by atoms with E-state index < -0.39 is 24.1 Å². The minimum absolute atomic E-state index is 0.185. The molecule has 0 spiro atoms. The predicted molar refractivity (Wildman–Crippen MR) is 118 cm³/mol. The Balaban J connectivity index is 0.000000823. The van der Waals surface area contributed by atoms with E-state index in [0.29, 0.717) is 18.4 Å². The number of benzene rings is 1. The highest BCUT2D eigenvalue weighted by molar-refractivity contribution is 5.88. The van der Waals surface area contributed by atoms with Crippen molar-refractivity contribution in [3.8, 4) is 0 Å². The Labute approximate surface area is 185 Å². The quantitative estimate of drug-likeness (QED) is 0.220. The van der Waals surface area contributed by atoms with Gasteiger partial charge in [-0.25, -0.2) is 9.59 Å². The van der Waals surface area contributed by atoms with Crippen molar-refractivity contribution in [3.63, 3.8) is 0 Å². The maximum atomic E-state index is 11.4. The molecule has 0 atom stereocenters. The molecule has 31 heavy (non-hydrogen) atoms. The molecule has 0 saturated carbocycles. The average Bonchev–Trinajstić information content (AvgIpc) is 2.74. The van der Waals surface area contributed by atoms with Crippen molar-refractivity contribution in [2.75, 3.05) is 0 Å². The van der Waals surface area contributed by atoms with Crippen LogP contribution in [-0.4, -0.2) is 29.2 Å². The first-order chi connectivity index (χ1) is 14.9. The lowest BCUT2D eigenvalue weighted by Crippen LogP contribution is -2.17. The molecular formula is C24H36O7. The van der Waals surface area contributed by atoms with Crippen molar-refractivity contribution >= 4 is 24.1 Å². The van der Waals surface area contributed by atoms with Gasteiger partial charge in [0.1, 0.15) is 0 Å². The van der Waals surface area contributed by atoms with Gasteiger partial charge < -0.3 is 14.6 Å². The number of hydrogen-bond donors (Lipinski definition) is 1. The molecular weight excluding hydrogens is 400 g/mol. The van der Waals surface area contributed by atoms with E-state index in [9.17, 15) is 19.2 Å². The van der Waals surface area contributed by atoms with Gasteiger partial charge in [-0.3, -0.25) is 9.59 Å². The standard InChI is InChI=1S/C17H30O5.C7H6O2/c1-3-5-7-9-11-13-15(18)21-17(20)22-16(19)14-12-10-8-6-4-2;8-7(9)6-4-2-1-3-5-6/h3-14H2,1-2H3;1-5H,(H,8,9). The van der Waals surface area contributed by atoms with E-state index in [2.05, 4.69) is 23.3 Å². The highest BCUT2D eigenvalue weighted by Crippen LogP contribution is 2.08. The van der Waals surface area contributed by atoms with Gasteiger partial charge in [-0.2, -0.15) is 0 Å². The zero-order chi connectivity index (χ0) is 23.3. The number of esters is 2. The Morgan fingerprint density at radius 1 is 0.677 bits per heavy atom. The fourth-order valence-corrected chi connectivity index (χ4v) is 2.64. The minimum atomic E-state index is -1.20. The Morgan fingerprint density at radius 3 is 1.45 bits per heavy atom. The average molecular weight is 437 g/mol. The van der Waals surface area contributed by atoms with Crippen LogP contribution in [0.25, 0.3) is 0 Å².